The summed E-state index contributed by atoms with van der Waals surface area (Å²) in [5, 5.41) is 11.5. The second-order valence-corrected chi connectivity index (χ2v) is 6.77. The van der Waals surface area contributed by atoms with Gasteiger partial charge in [-0.3, -0.25) is 9.59 Å². The number of aromatic amines is 1. The molecule has 0 spiro atoms. The van der Waals surface area contributed by atoms with Gasteiger partial charge in [0.25, 0.3) is 5.56 Å². The molecular weight excluding hydrogens is 402 g/mol. The number of esters is 1. The lowest BCUT2D eigenvalue weighted by atomic mass is 9.87. The Morgan fingerprint density at radius 2 is 1.68 bits per heavy atom. The molecule has 8 nitrogen and oxygen atoms in total. The average molecular weight is 427 g/mol. The minimum absolute atomic E-state index is 0.0391. The zero-order chi connectivity index (χ0) is 22.5. The molecule has 0 fully saturated rings. The van der Waals surface area contributed by atoms with Crippen LogP contribution < -0.4 is 19.8 Å². The molecule has 0 aliphatic carbocycles. The zero-order valence-electron chi connectivity index (χ0n) is 17.9. The highest BCUT2D eigenvalue weighted by molar-refractivity contribution is 5.86. The third kappa shape index (κ3) is 4.28. The van der Waals surface area contributed by atoms with Crippen LogP contribution in [-0.2, 0) is 9.53 Å². The number of carbonyl (C=O) groups excluding carboxylic acids is 1. The fraction of sp³-hybridized carbons (Fsp3) is 0.304. The summed E-state index contributed by atoms with van der Waals surface area (Å²) in [4.78, 5) is 28.3. The van der Waals surface area contributed by atoms with Gasteiger partial charge in [-0.2, -0.15) is 0 Å². The van der Waals surface area contributed by atoms with Gasteiger partial charge in [0.1, 0.15) is 11.5 Å². The zero-order valence-corrected chi connectivity index (χ0v) is 17.9. The number of aromatic hydroxyl groups is 1. The van der Waals surface area contributed by atoms with Crippen molar-refractivity contribution in [1.29, 1.82) is 0 Å². The van der Waals surface area contributed by atoms with Crippen molar-refractivity contribution < 1.29 is 28.8 Å². The van der Waals surface area contributed by atoms with Crippen molar-refractivity contribution in [3.63, 3.8) is 0 Å². The smallest absolute Gasteiger partial charge is 0.306 e. The van der Waals surface area contributed by atoms with Gasteiger partial charge < -0.3 is 29.0 Å². The molecule has 1 aromatic heterocycles. The van der Waals surface area contributed by atoms with Crippen LogP contribution in [0.15, 0.2) is 41.2 Å². The number of hydrogen-bond acceptors (Lipinski definition) is 7. The highest BCUT2D eigenvalue weighted by atomic mass is 16.5. The summed E-state index contributed by atoms with van der Waals surface area (Å²) in [5.74, 6) is -0.388. The third-order valence-corrected chi connectivity index (χ3v) is 5.07. The van der Waals surface area contributed by atoms with Crippen LogP contribution in [-0.4, -0.2) is 44.0 Å². The van der Waals surface area contributed by atoms with E-state index in [1.165, 1.54) is 21.3 Å². The van der Waals surface area contributed by atoms with Gasteiger partial charge >= 0.3 is 5.97 Å². The normalized spacial score (nSPS) is 11.7. The molecule has 3 rings (SSSR count). The van der Waals surface area contributed by atoms with Gasteiger partial charge in [-0.05, 0) is 25.1 Å². The second kappa shape index (κ2) is 9.42. The number of fused-ring (bicyclic) bond motifs is 1. The van der Waals surface area contributed by atoms with Crippen LogP contribution >= 0.6 is 0 Å². The molecule has 0 aliphatic rings. The molecule has 2 N–H and O–H groups in total. The number of ether oxygens (including phenoxy) is 4. The van der Waals surface area contributed by atoms with Crippen LogP contribution in [0.3, 0.4) is 0 Å². The van der Waals surface area contributed by atoms with Crippen LogP contribution in [0.25, 0.3) is 10.9 Å². The van der Waals surface area contributed by atoms with Crippen LogP contribution in [0.2, 0.25) is 0 Å². The van der Waals surface area contributed by atoms with Crippen molar-refractivity contribution in [2.45, 2.75) is 19.3 Å². The van der Waals surface area contributed by atoms with Crippen LogP contribution in [0.1, 0.15) is 30.4 Å². The number of aromatic nitrogens is 1. The fourth-order valence-electron chi connectivity index (χ4n) is 3.64. The molecule has 1 atom stereocenters. The number of H-pyrrole nitrogens is 1. The number of carbonyl (C=O) groups is 1. The number of pyridine rings is 1. The molecule has 2 aromatic carbocycles. The maximum absolute atomic E-state index is 13.0. The molecular formula is C23H25NO7. The Morgan fingerprint density at radius 3 is 2.32 bits per heavy atom. The van der Waals surface area contributed by atoms with E-state index in [-0.39, 0.29) is 24.3 Å². The van der Waals surface area contributed by atoms with Gasteiger partial charge in [-0.1, -0.05) is 12.1 Å². The minimum atomic E-state index is -0.859. The largest absolute Gasteiger partial charge is 0.507 e. The first kappa shape index (κ1) is 22.0. The summed E-state index contributed by atoms with van der Waals surface area (Å²) in [5.41, 5.74) is 0.492. The fourth-order valence-corrected chi connectivity index (χ4v) is 3.64. The Hall–Kier alpha value is -3.68. The number of hydrogen-bond donors (Lipinski definition) is 2. The van der Waals surface area contributed by atoms with Crippen molar-refractivity contribution >= 4 is 16.9 Å². The monoisotopic (exact) mass is 427 g/mol. The summed E-state index contributed by atoms with van der Waals surface area (Å²) in [6.45, 7) is 1.89. The highest BCUT2D eigenvalue weighted by Gasteiger charge is 2.30. The quantitative estimate of drug-likeness (QED) is 0.531. The maximum atomic E-state index is 13.0. The molecule has 0 radical (unpaired) electrons. The first-order chi connectivity index (χ1) is 14.9. The molecule has 0 saturated heterocycles. The molecule has 0 bridgehead atoms. The van der Waals surface area contributed by atoms with Crippen molar-refractivity contribution in [3.05, 3.63) is 57.9 Å². The summed E-state index contributed by atoms with van der Waals surface area (Å²) < 4.78 is 21.4. The Kier molecular flexibility index (Phi) is 6.69. The molecule has 31 heavy (non-hydrogen) atoms. The third-order valence-electron chi connectivity index (χ3n) is 5.07. The van der Waals surface area contributed by atoms with Crippen molar-refractivity contribution in [2.24, 2.45) is 0 Å². The molecule has 0 unspecified atom stereocenters. The predicted octanol–water partition coefficient (Wildman–Crippen LogP) is 3.34. The van der Waals surface area contributed by atoms with E-state index >= 15 is 0 Å². The van der Waals surface area contributed by atoms with Crippen molar-refractivity contribution in [2.75, 3.05) is 27.9 Å². The van der Waals surface area contributed by atoms with E-state index in [1.807, 2.05) is 0 Å². The Balaban J connectivity index is 2.30. The standard InChI is InChI=1S/C23H25NO7/c1-5-31-20(25)11-15(14-10-18(29-3)19(30-4)12-17(14)28-2)21-22(26)13-8-6-7-9-16(13)24-23(21)27/h6-10,12,15H,5,11H2,1-4H3,(H2,24,26,27)/t15-/m0/s1. The van der Waals surface area contributed by atoms with Gasteiger partial charge in [0, 0.05) is 22.9 Å². The summed E-state index contributed by atoms with van der Waals surface area (Å²) in [7, 11) is 4.44. The lowest BCUT2D eigenvalue weighted by Crippen LogP contribution is -2.21. The van der Waals surface area contributed by atoms with E-state index in [0.717, 1.165) is 0 Å². The number of benzene rings is 2. The summed E-state index contributed by atoms with van der Waals surface area (Å²) in [6, 6.07) is 10.1. The van der Waals surface area contributed by atoms with Gasteiger partial charge in [0.15, 0.2) is 11.5 Å². The molecule has 1 heterocycles. The topological polar surface area (TPSA) is 107 Å². The lowest BCUT2D eigenvalue weighted by molar-refractivity contribution is -0.143. The van der Waals surface area contributed by atoms with E-state index in [4.69, 9.17) is 18.9 Å². The first-order valence-electron chi connectivity index (χ1n) is 9.74. The van der Waals surface area contributed by atoms with E-state index in [2.05, 4.69) is 4.98 Å². The highest BCUT2D eigenvalue weighted by Crippen LogP contribution is 2.43. The first-order valence-corrected chi connectivity index (χ1v) is 9.74. The van der Waals surface area contributed by atoms with Gasteiger partial charge in [0.2, 0.25) is 0 Å². The second-order valence-electron chi connectivity index (χ2n) is 6.77. The maximum Gasteiger partial charge on any atom is 0.306 e. The van der Waals surface area contributed by atoms with Gasteiger partial charge in [-0.15, -0.1) is 0 Å². The van der Waals surface area contributed by atoms with Crippen LogP contribution in [0, 0.1) is 0 Å². The Morgan fingerprint density at radius 1 is 1.03 bits per heavy atom. The average Bonchev–Trinajstić information content (AvgIpc) is 2.77. The molecule has 0 saturated carbocycles. The van der Waals surface area contributed by atoms with Crippen molar-refractivity contribution in [1.82, 2.24) is 4.98 Å². The number of methoxy groups -OCH3 is 3. The van der Waals surface area contributed by atoms with Gasteiger partial charge in [0.05, 0.1) is 45.4 Å². The molecule has 3 aromatic rings. The lowest BCUT2D eigenvalue weighted by Gasteiger charge is -2.22. The number of para-hydroxylation sites is 1. The van der Waals surface area contributed by atoms with E-state index in [1.54, 1.807) is 43.3 Å². The van der Waals surface area contributed by atoms with Gasteiger partial charge in [-0.25, -0.2) is 0 Å². The minimum Gasteiger partial charge on any atom is -0.507 e. The molecule has 164 valence electrons. The summed E-state index contributed by atoms with van der Waals surface area (Å²) >= 11 is 0. The van der Waals surface area contributed by atoms with Crippen molar-refractivity contribution in [3.8, 4) is 23.0 Å². The Labute approximate surface area is 179 Å². The SMILES string of the molecule is CCOC(=O)C[C@@H](c1cc(OC)c(OC)cc1OC)c1c(O)c2ccccc2[nH]c1=O. The number of rotatable bonds is 8. The summed E-state index contributed by atoms with van der Waals surface area (Å²) in [6.07, 6.45) is -0.186. The van der Waals surface area contributed by atoms with Crippen LogP contribution in [0.5, 0.6) is 23.0 Å². The van der Waals surface area contributed by atoms with E-state index in [0.29, 0.717) is 33.7 Å². The van der Waals surface area contributed by atoms with Crippen LogP contribution in [0.4, 0.5) is 0 Å². The predicted molar refractivity (Wildman–Crippen MR) is 115 cm³/mol. The number of nitrogens with one attached hydrogen (secondary N) is 1. The molecule has 0 amide bonds. The Bertz CT molecular complexity index is 1150. The molecule has 0 aliphatic heterocycles. The molecule has 8 heteroatoms. The van der Waals surface area contributed by atoms with E-state index < -0.39 is 17.4 Å². The van der Waals surface area contributed by atoms with E-state index in [9.17, 15) is 14.7 Å².